The van der Waals surface area contributed by atoms with Gasteiger partial charge in [-0.1, -0.05) is 36.4 Å². The number of fused-ring (bicyclic) bond motifs is 1. The molecule has 7 heteroatoms. The van der Waals surface area contributed by atoms with Crippen LogP contribution in [0.15, 0.2) is 48.5 Å². The van der Waals surface area contributed by atoms with Gasteiger partial charge in [-0.2, -0.15) is 0 Å². The van der Waals surface area contributed by atoms with Crippen molar-refractivity contribution in [3.63, 3.8) is 0 Å². The molecule has 3 atom stereocenters. The summed E-state index contributed by atoms with van der Waals surface area (Å²) in [4.78, 5) is 38.4. The number of hydrogen-bond acceptors (Lipinski definition) is 4. The summed E-state index contributed by atoms with van der Waals surface area (Å²) >= 11 is 0. The lowest BCUT2D eigenvalue weighted by Crippen LogP contribution is -2.36. The van der Waals surface area contributed by atoms with Gasteiger partial charge in [-0.25, -0.2) is 0 Å². The number of carbonyl (C=O) groups excluding carboxylic acids is 2. The highest BCUT2D eigenvalue weighted by Gasteiger charge is 2.41. The van der Waals surface area contributed by atoms with E-state index in [1.165, 1.54) is 0 Å². The second kappa shape index (κ2) is 6.99. The molecule has 0 saturated carbocycles. The Labute approximate surface area is 161 Å². The number of carboxylic acids is 1. The van der Waals surface area contributed by atoms with E-state index in [2.05, 4.69) is 5.32 Å². The van der Waals surface area contributed by atoms with Crippen LogP contribution in [0.3, 0.4) is 0 Å². The standard InChI is InChI=1S/C21H20N2O5/c1-12-19(24)22-17-9-5-8-14(18(17)28-12)20(25)23-10-15(16(11-23)21(26)27)13-6-3-2-4-7-13/h2-9,12,15-16H,10-11H2,1H3,(H,22,24)(H,26,27). The smallest absolute Gasteiger partial charge is 0.308 e. The van der Waals surface area contributed by atoms with Gasteiger partial charge in [0.05, 0.1) is 17.2 Å². The molecule has 7 nitrogen and oxygen atoms in total. The van der Waals surface area contributed by atoms with Crippen LogP contribution >= 0.6 is 0 Å². The molecule has 2 heterocycles. The summed E-state index contributed by atoms with van der Waals surface area (Å²) < 4.78 is 5.67. The molecule has 2 aliphatic heterocycles. The summed E-state index contributed by atoms with van der Waals surface area (Å²) in [5, 5.41) is 12.4. The lowest BCUT2D eigenvalue weighted by molar-refractivity contribution is -0.141. The van der Waals surface area contributed by atoms with Crippen molar-refractivity contribution in [2.45, 2.75) is 18.9 Å². The number of hydrogen-bond donors (Lipinski definition) is 2. The van der Waals surface area contributed by atoms with Crippen molar-refractivity contribution >= 4 is 23.5 Å². The number of carbonyl (C=O) groups is 3. The Morgan fingerprint density at radius 3 is 2.57 bits per heavy atom. The third-order valence-corrected chi connectivity index (χ3v) is 5.32. The molecule has 1 fully saturated rings. The number of rotatable bonds is 3. The van der Waals surface area contributed by atoms with Crippen LogP contribution in [0.25, 0.3) is 0 Å². The zero-order valence-electron chi connectivity index (χ0n) is 15.3. The fraction of sp³-hybridized carbons (Fsp3) is 0.286. The van der Waals surface area contributed by atoms with Crippen LogP contribution in [0.5, 0.6) is 5.75 Å². The largest absolute Gasteiger partial charge is 0.481 e. The van der Waals surface area contributed by atoms with E-state index >= 15 is 0 Å². The first-order valence-electron chi connectivity index (χ1n) is 9.13. The maximum atomic E-state index is 13.2. The van der Waals surface area contributed by atoms with Gasteiger partial charge in [-0.15, -0.1) is 0 Å². The Hall–Kier alpha value is -3.35. The molecule has 2 amide bonds. The summed E-state index contributed by atoms with van der Waals surface area (Å²) in [7, 11) is 0. The SMILES string of the molecule is CC1Oc2c(cccc2C(=O)N2CC(C(=O)O)C(c3ccccc3)C2)NC1=O. The third kappa shape index (κ3) is 3.09. The van der Waals surface area contributed by atoms with Gasteiger partial charge in [-0.05, 0) is 24.6 Å². The van der Waals surface area contributed by atoms with Crippen molar-refractivity contribution in [1.82, 2.24) is 4.90 Å². The van der Waals surface area contributed by atoms with E-state index in [0.29, 0.717) is 23.5 Å². The number of aliphatic carboxylic acids is 1. The number of benzene rings is 2. The molecule has 2 aliphatic rings. The van der Waals surface area contributed by atoms with Crippen molar-refractivity contribution < 1.29 is 24.2 Å². The number of nitrogens with one attached hydrogen (secondary N) is 1. The van der Waals surface area contributed by atoms with E-state index in [1.54, 1.807) is 30.0 Å². The lowest BCUT2D eigenvalue weighted by Gasteiger charge is -2.26. The second-order valence-electron chi connectivity index (χ2n) is 7.10. The van der Waals surface area contributed by atoms with Crippen LogP contribution in [0.4, 0.5) is 5.69 Å². The summed E-state index contributed by atoms with van der Waals surface area (Å²) in [5.74, 6) is -2.11. The van der Waals surface area contributed by atoms with Gasteiger partial charge in [0.15, 0.2) is 11.9 Å². The summed E-state index contributed by atoms with van der Waals surface area (Å²) in [6.45, 7) is 2.05. The van der Waals surface area contributed by atoms with Crippen LogP contribution in [0, 0.1) is 5.92 Å². The summed E-state index contributed by atoms with van der Waals surface area (Å²) in [5.41, 5.74) is 1.67. The van der Waals surface area contributed by atoms with Gasteiger partial charge in [0.2, 0.25) is 0 Å². The molecule has 2 aromatic carbocycles. The Bertz CT molecular complexity index is 943. The minimum Gasteiger partial charge on any atom is -0.481 e. The molecule has 0 aromatic heterocycles. The van der Waals surface area contributed by atoms with Crippen LogP contribution in [-0.2, 0) is 9.59 Å². The van der Waals surface area contributed by atoms with E-state index in [1.807, 2.05) is 30.3 Å². The minimum atomic E-state index is -0.920. The van der Waals surface area contributed by atoms with Crippen LogP contribution in [0.1, 0.15) is 28.8 Å². The minimum absolute atomic E-state index is 0.124. The highest BCUT2D eigenvalue weighted by Crippen LogP contribution is 2.37. The average molecular weight is 380 g/mol. The molecular weight excluding hydrogens is 360 g/mol. The van der Waals surface area contributed by atoms with E-state index in [-0.39, 0.29) is 24.3 Å². The Balaban J connectivity index is 1.64. The molecule has 1 saturated heterocycles. The predicted molar refractivity (Wildman–Crippen MR) is 101 cm³/mol. The van der Waals surface area contributed by atoms with Gasteiger partial charge in [0.1, 0.15) is 0 Å². The molecule has 0 radical (unpaired) electrons. The molecule has 2 aromatic rings. The molecular formula is C21H20N2O5. The van der Waals surface area contributed by atoms with Gasteiger partial charge >= 0.3 is 5.97 Å². The molecule has 2 N–H and O–H groups in total. The topological polar surface area (TPSA) is 95.9 Å². The van der Waals surface area contributed by atoms with Crippen molar-refractivity contribution in [1.29, 1.82) is 0 Å². The zero-order chi connectivity index (χ0) is 19.8. The van der Waals surface area contributed by atoms with Crippen LogP contribution in [-0.4, -0.2) is 47.0 Å². The van der Waals surface area contributed by atoms with E-state index in [0.717, 1.165) is 5.56 Å². The molecule has 28 heavy (non-hydrogen) atoms. The van der Waals surface area contributed by atoms with Crippen molar-refractivity contribution in [3.8, 4) is 5.75 Å². The summed E-state index contributed by atoms with van der Waals surface area (Å²) in [6.07, 6.45) is -0.705. The quantitative estimate of drug-likeness (QED) is 0.852. The molecule has 144 valence electrons. The second-order valence-corrected chi connectivity index (χ2v) is 7.10. The predicted octanol–water partition coefficient (Wildman–Crippen LogP) is 2.35. The van der Waals surface area contributed by atoms with Gasteiger partial charge in [0.25, 0.3) is 11.8 Å². The van der Waals surface area contributed by atoms with Gasteiger partial charge in [-0.3, -0.25) is 14.4 Å². The third-order valence-electron chi connectivity index (χ3n) is 5.32. The Morgan fingerprint density at radius 2 is 1.86 bits per heavy atom. The highest BCUT2D eigenvalue weighted by molar-refractivity contribution is 6.04. The van der Waals surface area contributed by atoms with Crippen LogP contribution < -0.4 is 10.1 Å². The first-order chi connectivity index (χ1) is 13.5. The van der Waals surface area contributed by atoms with E-state index in [9.17, 15) is 19.5 Å². The number of carboxylic acid groups (broad SMARTS) is 1. The molecule has 0 spiro atoms. The molecule has 4 rings (SSSR count). The molecule has 0 aliphatic carbocycles. The number of amides is 2. The normalized spacial score (nSPS) is 23.5. The van der Waals surface area contributed by atoms with Crippen LogP contribution in [0.2, 0.25) is 0 Å². The maximum Gasteiger partial charge on any atom is 0.308 e. The maximum absolute atomic E-state index is 13.2. The molecule has 0 bridgehead atoms. The number of likely N-dealkylation sites (tertiary alicyclic amines) is 1. The number of nitrogens with zero attached hydrogens (tertiary/aromatic N) is 1. The van der Waals surface area contributed by atoms with E-state index < -0.39 is 18.0 Å². The lowest BCUT2D eigenvalue weighted by atomic mass is 9.89. The number of ether oxygens (including phenoxy) is 1. The first kappa shape index (κ1) is 18.0. The zero-order valence-corrected chi connectivity index (χ0v) is 15.3. The van der Waals surface area contributed by atoms with Crippen molar-refractivity contribution in [2.24, 2.45) is 5.92 Å². The fourth-order valence-electron chi connectivity index (χ4n) is 3.82. The fourth-order valence-corrected chi connectivity index (χ4v) is 3.82. The average Bonchev–Trinajstić information content (AvgIpc) is 3.14. The number of para-hydroxylation sites is 1. The monoisotopic (exact) mass is 380 g/mol. The Morgan fingerprint density at radius 1 is 1.11 bits per heavy atom. The highest BCUT2D eigenvalue weighted by atomic mass is 16.5. The van der Waals surface area contributed by atoms with Gasteiger partial charge < -0.3 is 20.1 Å². The first-order valence-corrected chi connectivity index (χ1v) is 9.13. The number of anilines is 1. The molecule has 3 unspecified atom stereocenters. The summed E-state index contributed by atoms with van der Waals surface area (Å²) in [6, 6.07) is 14.4. The van der Waals surface area contributed by atoms with E-state index in [4.69, 9.17) is 4.74 Å². The Kier molecular flexibility index (Phi) is 4.50. The van der Waals surface area contributed by atoms with Crippen molar-refractivity contribution in [3.05, 3.63) is 59.7 Å². The van der Waals surface area contributed by atoms with Crippen molar-refractivity contribution in [2.75, 3.05) is 18.4 Å². The van der Waals surface area contributed by atoms with Gasteiger partial charge in [0, 0.05) is 19.0 Å².